The average Bonchev–Trinajstić information content (AvgIpc) is 3.14. The van der Waals surface area contributed by atoms with Gasteiger partial charge in [-0.25, -0.2) is 13.4 Å². The van der Waals surface area contributed by atoms with Crippen LogP contribution in [0.3, 0.4) is 0 Å². The van der Waals surface area contributed by atoms with Crippen molar-refractivity contribution in [1.29, 1.82) is 0 Å². The van der Waals surface area contributed by atoms with Gasteiger partial charge in [0.15, 0.2) is 9.84 Å². The number of nitrogens with zero attached hydrogens (tertiary/aromatic N) is 2. The number of likely N-dealkylation sites (N-methyl/N-ethyl adjacent to an activating group) is 1. The van der Waals surface area contributed by atoms with Gasteiger partial charge in [0, 0.05) is 24.2 Å². The van der Waals surface area contributed by atoms with Crippen molar-refractivity contribution in [3.8, 4) is 10.6 Å². The number of aromatic nitrogens is 1. The van der Waals surface area contributed by atoms with Crippen molar-refractivity contribution >= 4 is 38.7 Å². The molecule has 0 saturated carbocycles. The van der Waals surface area contributed by atoms with E-state index in [0.717, 1.165) is 16.1 Å². The number of rotatable bonds is 6. The zero-order chi connectivity index (χ0) is 21.2. The number of benzene rings is 2. The average molecular weight is 449 g/mol. The highest BCUT2D eigenvalue weighted by Crippen LogP contribution is 2.30. The number of thiazole rings is 1. The number of hydrogen-bond acceptors (Lipinski definition) is 5. The van der Waals surface area contributed by atoms with E-state index in [9.17, 15) is 13.2 Å². The van der Waals surface area contributed by atoms with Gasteiger partial charge in [-0.1, -0.05) is 41.9 Å². The molecule has 2 aromatic carbocycles. The highest BCUT2D eigenvalue weighted by Gasteiger charge is 2.20. The third kappa shape index (κ3) is 5.04. The van der Waals surface area contributed by atoms with Crippen molar-refractivity contribution in [3.05, 3.63) is 70.2 Å². The first-order valence-electron chi connectivity index (χ1n) is 8.92. The first kappa shape index (κ1) is 21.5. The second-order valence-corrected chi connectivity index (χ2v) is 10.1. The lowest BCUT2D eigenvalue weighted by Gasteiger charge is -2.25. The summed E-state index contributed by atoms with van der Waals surface area (Å²) in [6.07, 6.45) is 1.36. The van der Waals surface area contributed by atoms with E-state index < -0.39 is 9.84 Å². The molecule has 1 heterocycles. The molecule has 0 fully saturated rings. The molecule has 5 nitrogen and oxygen atoms in total. The SMILES string of the molecule is CC(c1ccc(S(C)(=O)=O)cc1)N(C)C(=O)Cc1csc(-c2ccccc2Cl)n1. The van der Waals surface area contributed by atoms with Crippen LogP contribution in [0, 0.1) is 0 Å². The lowest BCUT2D eigenvalue weighted by atomic mass is 10.1. The Hall–Kier alpha value is -2.22. The summed E-state index contributed by atoms with van der Waals surface area (Å²) in [7, 11) is -1.51. The minimum Gasteiger partial charge on any atom is -0.339 e. The fourth-order valence-corrected chi connectivity index (χ4v) is 4.63. The number of carbonyl (C=O) groups is 1. The molecular formula is C21H21ClN2O3S2. The summed E-state index contributed by atoms with van der Waals surface area (Å²) in [6.45, 7) is 1.91. The topological polar surface area (TPSA) is 67.3 Å². The van der Waals surface area contributed by atoms with Crippen LogP contribution in [0.4, 0.5) is 0 Å². The van der Waals surface area contributed by atoms with Gasteiger partial charge in [0.05, 0.1) is 28.1 Å². The Balaban J connectivity index is 1.70. The highest BCUT2D eigenvalue weighted by molar-refractivity contribution is 7.90. The Labute approximate surface area is 179 Å². The summed E-state index contributed by atoms with van der Waals surface area (Å²) in [5, 5.41) is 3.28. The van der Waals surface area contributed by atoms with Crippen molar-refractivity contribution in [2.45, 2.75) is 24.3 Å². The van der Waals surface area contributed by atoms with E-state index in [2.05, 4.69) is 4.98 Å². The molecule has 1 aromatic heterocycles. The van der Waals surface area contributed by atoms with Crippen LogP contribution in [0.1, 0.15) is 24.2 Å². The Bertz CT molecular complexity index is 1120. The van der Waals surface area contributed by atoms with Gasteiger partial charge in [0.1, 0.15) is 5.01 Å². The van der Waals surface area contributed by atoms with E-state index in [1.165, 1.54) is 17.6 Å². The van der Waals surface area contributed by atoms with Crippen LogP contribution in [-0.4, -0.2) is 37.5 Å². The maximum atomic E-state index is 12.7. The third-order valence-corrected chi connectivity index (χ3v) is 7.14. The normalized spacial score (nSPS) is 12.6. The molecule has 0 saturated heterocycles. The highest BCUT2D eigenvalue weighted by atomic mass is 35.5. The second kappa shape index (κ2) is 8.65. The van der Waals surface area contributed by atoms with Crippen LogP contribution in [0.15, 0.2) is 58.8 Å². The molecule has 0 aliphatic rings. The molecule has 1 unspecified atom stereocenters. The Morgan fingerprint density at radius 3 is 2.45 bits per heavy atom. The van der Waals surface area contributed by atoms with Gasteiger partial charge < -0.3 is 4.90 Å². The molecule has 0 N–H and O–H groups in total. The van der Waals surface area contributed by atoms with Crippen molar-refractivity contribution in [2.24, 2.45) is 0 Å². The predicted octanol–water partition coefficient (Wildman–Crippen LogP) is 4.63. The Morgan fingerprint density at radius 2 is 1.83 bits per heavy atom. The van der Waals surface area contributed by atoms with Gasteiger partial charge in [0.25, 0.3) is 0 Å². The number of halogens is 1. The van der Waals surface area contributed by atoms with Crippen LogP contribution in [-0.2, 0) is 21.1 Å². The lowest BCUT2D eigenvalue weighted by Crippen LogP contribution is -2.31. The summed E-state index contributed by atoms with van der Waals surface area (Å²) < 4.78 is 23.2. The van der Waals surface area contributed by atoms with Crippen molar-refractivity contribution in [3.63, 3.8) is 0 Å². The summed E-state index contributed by atoms with van der Waals surface area (Å²) in [5.74, 6) is -0.0688. The number of sulfone groups is 1. The van der Waals surface area contributed by atoms with E-state index in [1.807, 2.05) is 36.6 Å². The lowest BCUT2D eigenvalue weighted by molar-refractivity contribution is -0.131. The number of carbonyl (C=O) groups excluding carboxylic acids is 1. The van der Waals surface area contributed by atoms with E-state index in [-0.39, 0.29) is 23.3 Å². The molecule has 0 aliphatic heterocycles. The van der Waals surface area contributed by atoms with Crippen LogP contribution in [0.2, 0.25) is 5.02 Å². The fraction of sp³-hybridized carbons (Fsp3) is 0.238. The monoisotopic (exact) mass is 448 g/mol. The molecule has 0 aliphatic carbocycles. The smallest absolute Gasteiger partial charge is 0.228 e. The van der Waals surface area contributed by atoms with E-state index in [1.54, 1.807) is 36.2 Å². The minimum absolute atomic E-state index is 0.0688. The van der Waals surface area contributed by atoms with Gasteiger partial charge in [-0.05, 0) is 30.7 Å². The molecule has 8 heteroatoms. The molecule has 0 radical (unpaired) electrons. The first-order valence-corrected chi connectivity index (χ1v) is 12.1. The van der Waals surface area contributed by atoms with Gasteiger partial charge in [-0.3, -0.25) is 4.79 Å². The molecule has 0 bridgehead atoms. The maximum Gasteiger partial charge on any atom is 0.228 e. The Kier molecular flexibility index (Phi) is 6.41. The van der Waals surface area contributed by atoms with E-state index in [0.29, 0.717) is 10.7 Å². The van der Waals surface area contributed by atoms with Gasteiger partial charge in [-0.15, -0.1) is 11.3 Å². The molecule has 29 heavy (non-hydrogen) atoms. The number of hydrogen-bond donors (Lipinski definition) is 0. The fourth-order valence-electron chi connectivity index (χ4n) is 2.86. The van der Waals surface area contributed by atoms with E-state index >= 15 is 0 Å². The van der Waals surface area contributed by atoms with Crippen molar-refractivity contribution in [2.75, 3.05) is 13.3 Å². The zero-order valence-electron chi connectivity index (χ0n) is 16.3. The maximum absolute atomic E-state index is 12.7. The van der Waals surface area contributed by atoms with Gasteiger partial charge in [-0.2, -0.15) is 0 Å². The van der Waals surface area contributed by atoms with Crippen LogP contribution >= 0.6 is 22.9 Å². The zero-order valence-corrected chi connectivity index (χ0v) is 18.7. The number of amides is 1. The van der Waals surface area contributed by atoms with Crippen LogP contribution in [0.5, 0.6) is 0 Å². The molecule has 1 atom stereocenters. The largest absolute Gasteiger partial charge is 0.339 e. The first-order chi connectivity index (χ1) is 13.7. The Morgan fingerprint density at radius 1 is 1.17 bits per heavy atom. The summed E-state index contributed by atoms with van der Waals surface area (Å²) in [5.41, 5.74) is 2.41. The summed E-state index contributed by atoms with van der Waals surface area (Å²) >= 11 is 7.68. The van der Waals surface area contributed by atoms with E-state index in [4.69, 9.17) is 11.6 Å². The molecule has 0 spiro atoms. The molecule has 1 amide bonds. The molecule has 3 rings (SSSR count). The van der Waals surface area contributed by atoms with Crippen LogP contribution < -0.4 is 0 Å². The standard InChI is InChI=1S/C21H21ClN2O3S2/c1-14(15-8-10-17(11-9-15)29(3,26)27)24(2)20(25)12-16-13-28-21(23-16)18-6-4-5-7-19(18)22/h4-11,13-14H,12H2,1-3H3. The third-order valence-electron chi connectivity index (χ3n) is 4.75. The molecule has 152 valence electrons. The van der Waals surface area contributed by atoms with Crippen LogP contribution in [0.25, 0.3) is 10.6 Å². The molecule has 3 aromatic rings. The molecular weight excluding hydrogens is 428 g/mol. The second-order valence-electron chi connectivity index (χ2n) is 6.82. The quantitative estimate of drug-likeness (QED) is 0.551. The van der Waals surface area contributed by atoms with Crippen molar-refractivity contribution < 1.29 is 13.2 Å². The minimum atomic E-state index is -3.24. The predicted molar refractivity (Wildman–Crippen MR) is 117 cm³/mol. The summed E-state index contributed by atoms with van der Waals surface area (Å²) in [6, 6.07) is 13.9. The van der Waals surface area contributed by atoms with Gasteiger partial charge >= 0.3 is 0 Å². The summed E-state index contributed by atoms with van der Waals surface area (Å²) in [4.78, 5) is 19.2. The van der Waals surface area contributed by atoms with Gasteiger partial charge in [0.2, 0.25) is 5.91 Å². The van der Waals surface area contributed by atoms with Crippen molar-refractivity contribution in [1.82, 2.24) is 9.88 Å².